The van der Waals surface area contributed by atoms with Crippen LogP contribution in [0.2, 0.25) is 0 Å². The Bertz CT molecular complexity index is 1610. The topological polar surface area (TPSA) is 123 Å². The molecule has 0 aliphatic carbocycles. The number of rotatable bonds is 8. The van der Waals surface area contributed by atoms with E-state index in [1.165, 1.54) is 0 Å². The summed E-state index contributed by atoms with van der Waals surface area (Å²) in [4.78, 5) is 29.7. The van der Waals surface area contributed by atoms with Gasteiger partial charge in [-0.25, -0.2) is 0 Å². The lowest BCUT2D eigenvalue weighted by molar-refractivity contribution is -0.116. The van der Waals surface area contributed by atoms with Crippen molar-refractivity contribution < 1.29 is 4.79 Å². The SMILES string of the molecule is Cc1nn(C)c2[nH]c(=O)c(CCC(=O)Nc3ccc(CCn4nnc(-c5ccccc5)n4)cc3)c(C)c12. The normalized spacial score (nSPS) is 11.2. The molecule has 0 saturated carbocycles. The molecule has 3 aromatic heterocycles. The maximum Gasteiger partial charge on any atom is 0.253 e. The van der Waals surface area contributed by atoms with Crippen molar-refractivity contribution in [3.05, 3.63) is 87.3 Å². The van der Waals surface area contributed by atoms with E-state index < -0.39 is 0 Å². The number of aromatic amines is 1. The second kappa shape index (κ2) is 10.2. The van der Waals surface area contributed by atoms with E-state index >= 15 is 0 Å². The number of aromatic nitrogens is 7. The number of H-pyrrole nitrogens is 1. The third kappa shape index (κ3) is 5.18. The zero-order valence-electron chi connectivity index (χ0n) is 21.0. The second-order valence-corrected chi connectivity index (χ2v) is 9.06. The van der Waals surface area contributed by atoms with Gasteiger partial charge in [-0.2, -0.15) is 9.90 Å². The number of nitrogens with one attached hydrogen (secondary N) is 2. The number of carbonyl (C=O) groups is 1. The van der Waals surface area contributed by atoms with Crippen LogP contribution in [0.15, 0.2) is 59.4 Å². The number of nitrogens with zero attached hydrogens (tertiary/aromatic N) is 6. The molecule has 2 N–H and O–H groups in total. The lowest BCUT2D eigenvalue weighted by Gasteiger charge is -2.09. The van der Waals surface area contributed by atoms with Crippen molar-refractivity contribution in [2.24, 2.45) is 7.05 Å². The maximum absolute atomic E-state index is 12.6. The molecule has 5 rings (SSSR count). The van der Waals surface area contributed by atoms with Gasteiger partial charge in [0.25, 0.3) is 5.56 Å². The number of hydrogen-bond acceptors (Lipinski definition) is 6. The standard InChI is InChI=1S/C27H28N8O2/c1-17-22(27(37)29-26-24(17)18(2)31-34(26)3)13-14-23(36)28-21-11-9-19(10-12-21)15-16-35-32-25(30-33-35)20-7-5-4-6-8-20/h4-12H,13-16H2,1-3H3,(H,28,36)(H,29,37). The van der Waals surface area contributed by atoms with E-state index in [0.717, 1.165) is 34.2 Å². The molecule has 188 valence electrons. The van der Waals surface area contributed by atoms with E-state index in [0.29, 0.717) is 35.7 Å². The van der Waals surface area contributed by atoms with E-state index in [2.05, 4.69) is 30.8 Å². The third-order valence-electron chi connectivity index (χ3n) is 6.48. The fourth-order valence-electron chi connectivity index (χ4n) is 4.54. The van der Waals surface area contributed by atoms with Gasteiger partial charge in [0.2, 0.25) is 11.7 Å². The number of aryl methyl sites for hydroxylation is 5. The molecule has 1 amide bonds. The Hall–Kier alpha value is -4.60. The highest BCUT2D eigenvalue weighted by Gasteiger charge is 2.16. The quantitative estimate of drug-likeness (QED) is 0.340. The fourth-order valence-corrected chi connectivity index (χ4v) is 4.54. The molecule has 0 aliphatic heterocycles. The summed E-state index contributed by atoms with van der Waals surface area (Å²) < 4.78 is 1.67. The Morgan fingerprint density at radius 3 is 2.51 bits per heavy atom. The van der Waals surface area contributed by atoms with Gasteiger partial charge in [0.1, 0.15) is 5.65 Å². The van der Waals surface area contributed by atoms with Crippen LogP contribution in [0, 0.1) is 13.8 Å². The van der Waals surface area contributed by atoms with E-state index in [9.17, 15) is 9.59 Å². The first kappa shape index (κ1) is 24.1. The predicted octanol–water partition coefficient (Wildman–Crippen LogP) is 3.35. The zero-order chi connectivity index (χ0) is 25.9. The molecule has 0 fully saturated rings. The van der Waals surface area contributed by atoms with Crippen LogP contribution >= 0.6 is 0 Å². The van der Waals surface area contributed by atoms with Crippen molar-refractivity contribution in [1.82, 2.24) is 35.0 Å². The fraction of sp³-hybridized carbons (Fsp3) is 0.259. The molecule has 0 radical (unpaired) electrons. The van der Waals surface area contributed by atoms with Gasteiger partial charge in [0.15, 0.2) is 0 Å². The number of anilines is 1. The molecular formula is C27H28N8O2. The van der Waals surface area contributed by atoms with Crippen LogP contribution in [0.3, 0.4) is 0 Å². The molecular weight excluding hydrogens is 468 g/mol. The summed E-state index contributed by atoms with van der Waals surface area (Å²) in [5, 5.41) is 20.9. The lowest BCUT2D eigenvalue weighted by Crippen LogP contribution is -2.19. The lowest BCUT2D eigenvalue weighted by atomic mass is 10.0. The average molecular weight is 497 g/mol. The van der Waals surface area contributed by atoms with Crippen LogP contribution in [0.25, 0.3) is 22.4 Å². The Labute approximate surface area is 213 Å². The summed E-state index contributed by atoms with van der Waals surface area (Å²) in [6, 6.07) is 17.4. The number of hydrogen-bond donors (Lipinski definition) is 2. The summed E-state index contributed by atoms with van der Waals surface area (Å²) in [6.07, 6.45) is 1.29. The number of amides is 1. The van der Waals surface area contributed by atoms with E-state index in [1.54, 1.807) is 16.5 Å². The Balaban J connectivity index is 1.16. The summed E-state index contributed by atoms with van der Waals surface area (Å²) >= 11 is 0. The highest BCUT2D eigenvalue weighted by Crippen LogP contribution is 2.21. The van der Waals surface area contributed by atoms with Gasteiger partial charge in [-0.3, -0.25) is 14.3 Å². The van der Waals surface area contributed by atoms with Crippen LogP contribution in [0.4, 0.5) is 5.69 Å². The van der Waals surface area contributed by atoms with Gasteiger partial charge in [-0.1, -0.05) is 42.5 Å². The molecule has 10 nitrogen and oxygen atoms in total. The number of pyridine rings is 1. The van der Waals surface area contributed by atoms with Gasteiger partial charge in [0, 0.05) is 35.7 Å². The van der Waals surface area contributed by atoms with Crippen LogP contribution in [0.5, 0.6) is 0 Å². The molecule has 37 heavy (non-hydrogen) atoms. The Morgan fingerprint density at radius 2 is 1.76 bits per heavy atom. The van der Waals surface area contributed by atoms with Gasteiger partial charge >= 0.3 is 0 Å². The van der Waals surface area contributed by atoms with Crippen LogP contribution in [-0.4, -0.2) is 40.9 Å². The van der Waals surface area contributed by atoms with Crippen LogP contribution in [0.1, 0.15) is 28.8 Å². The molecule has 0 spiro atoms. The van der Waals surface area contributed by atoms with Crippen molar-refractivity contribution in [1.29, 1.82) is 0 Å². The van der Waals surface area contributed by atoms with Crippen molar-refractivity contribution in [2.45, 2.75) is 39.7 Å². The smallest absolute Gasteiger partial charge is 0.253 e. The minimum absolute atomic E-state index is 0.144. The van der Waals surface area contributed by atoms with Gasteiger partial charge in [0.05, 0.1) is 12.2 Å². The number of carbonyl (C=O) groups excluding carboxylic acids is 1. The largest absolute Gasteiger partial charge is 0.326 e. The molecule has 0 bridgehead atoms. The van der Waals surface area contributed by atoms with Crippen molar-refractivity contribution in [3.8, 4) is 11.4 Å². The summed E-state index contributed by atoms with van der Waals surface area (Å²) in [5.41, 5.74) is 5.61. The second-order valence-electron chi connectivity index (χ2n) is 9.06. The summed E-state index contributed by atoms with van der Waals surface area (Å²) in [6.45, 7) is 4.42. The molecule has 0 unspecified atom stereocenters. The first-order chi connectivity index (χ1) is 17.9. The minimum Gasteiger partial charge on any atom is -0.326 e. The van der Waals surface area contributed by atoms with Gasteiger partial charge < -0.3 is 10.3 Å². The van der Waals surface area contributed by atoms with E-state index in [4.69, 9.17) is 0 Å². The van der Waals surface area contributed by atoms with Crippen molar-refractivity contribution in [2.75, 3.05) is 5.32 Å². The summed E-state index contributed by atoms with van der Waals surface area (Å²) in [7, 11) is 1.80. The number of tetrazole rings is 1. The molecule has 2 aromatic carbocycles. The molecule has 3 heterocycles. The first-order valence-electron chi connectivity index (χ1n) is 12.2. The minimum atomic E-state index is -0.178. The van der Waals surface area contributed by atoms with E-state index in [-0.39, 0.29) is 17.9 Å². The molecule has 0 atom stereocenters. The molecule has 0 aliphatic rings. The van der Waals surface area contributed by atoms with E-state index in [1.807, 2.05) is 68.4 Å². The van der Waals surface area contributed by atoms with Gasteiger partial charge in [-0.05, 0) is 55.2 Å². The Morgan fingerprint density at radius 1 is 1.00 bits per heavy atom. The first-order valence-corrected chi connectivity index (χ1v) is 12.2. The molecule has 5 aromatic rings. The zero-order valence-corrected chi connectivity index (χ0v) is 21.0. The number of fused-ring (bicyclic) bond motifs is 1. The molecule has 10 heteroatoms. The highest BCUT2D eigenvalue weighted by atomic mass is 16.1. The van der Waals surface area contributed by atoms with Crippen molar-refractivity contribution >= 4 is 22.6 Å². The average Bonchev–Trinajstić information content (AvgIpc) is 3.48. The maximum atomic E-state index is 12.6. The van der Waals surface area contributed by atoms with Crippen LogP contribution < -0.4 is 10.9 Å². The van der Waals surface area contributed by atoms with Crippen LogP contribution in [-0.2, 0) is 31.2 Å². The Kier molecular flexibility index (Phi) is 6.63. The van der Waals surface area contributed by atoms with Gasteiger partial charge in [-0.15, -0.1) is 10.2 Å². The monoisotopic (exact) mass is 496 g/mol. The highest BCUT2D eigenvalue weighted by molar-refractivity contribution is 5.91. The number of benzene rings is 2. The van der Waals surface area contributed by atoms with Crippen molar-refractivity contribution in [3.63, 3.8) is 0 Å². The third-order valence-corrected chi connectivity index (χ3v) is 6.48. The molecule has 0 saturated heterocycles. The predicted molar refractivity (Wildman–Crippen MR) is 141 cm³/mol. The summed E-state index contributed by atoms with van der Waals surface area (Å²) in [5.74, 6) is 0.459.